The zero-order valence-corrected chi connectivity index (χ0v) is 9.67. The third kappa shape index (κ3) is 3.04. The van der Waals surface area contributed by atoms with Gasteiger partial charge in [-0.05, 0) is 6.42 Å². The minimum absolute atomic E-state index is 0.328. The molecule has 0 radical (unpaired) electrons. The maximum Gasteiger partial charge on any atom is 0.328 e. The average molecular weight is 241 g/mol. The molecule has 3 N–H and O–H groups in total. The second-order valence-electron chi connectivity index (χ2n) is 3.56. The van der Waals surface area contributed by atoms with Gasteiger partial charge in [0.05, 0.1) is 17.9 Å². The number of aliphatic hydroxyl groups is 1. The van der Waals surface area contributed by atoms with Crippen LogP contribution in [0.25, 0.3) is 0 Å². The first-order valence-corrected chi connectivity index (χ1v) is 5.16. The highest BCUT2D eigenvalue weighted by molar-refractivity contribution is 5.97. The molecule has 0 bridgehead atoms. The van der Waals surface area contributed by atoms with E-state index in [4.69, 9.17) is 10.2 Å². The van der Waals surface area contributed by atoms with Crippen molar-refractivity contribution < 1.29 is 19.8 Å². The van der Waals surface area contributed by atoms with E-state index in [9.17, 15) is 9.59 Å². The van der Waals surface area contributed by atoms with E-state index in [1.54, 1.807) is 7.05 Å². The van der Waals surface area contributed by atoms with E-state index in [1.807, 2.05) is 6.92 Å². The number of carbonyl (C=O) groups is 2. The number of nitrogens with zero attached hydrogens (tertiary/aromatic N) is 2. The van der Waals surface area contributed by atoms with Crippen LogP contribution >= 0.6 is 0 Å². The zero-order chi connectivity index (χ0) is 13.0. The van der Waals surface area contributed by atoms with E-state index >= 15 is 0 Å². The van der Waals surface area contributed by atoms with Gasteiger partial charge in [0, 0.05) is 13.2 Å². The first kappa shape index (κ1) is 13.2. The maximum absolute atomic E-state index is 11.8. The molecular formula is C10H15N3O4. The Kier molecular flexibility index (Phi) is 4.22. The fraction of sp³-hybridized carbons (Fsp3) is 0.500. The van der Waals surface area contributed by atoms with Gasteiger partial charge in [-0.25, -0.2) is 4.79 Å². The minimum atomic E-state index is -1.30. The molecule has 0 saturated heterocycles. The molecule has 0 fully saturated rings. The van der Waals surface area contributed by atoms with Gasteiger partial charge in [-0.1, -0.05) is 6.92 Å². The van der Waals surface area contributed by atoms with Crippen LogP contribution in [-0.2, 0) is 18.3 Å². The first-order valence-electron chi connectivity index (χ1n) is 5.16. The van der Waals surface area contributed by atoms with Crippen LogP contribution in [0.2, 0.25) is 0 Å². The van der Waals surface area contributed by atoms with Crippen LogP contribution in [0, 0.1) is 0 Å². The summed E-state index contributed by atoms with van der Waals surface area (Å²) in [5.41, 5.74) is 0.918. The number of aromatic nitrogens is 2. The van der Waals surface area contributed by atoms with E-state index in [0.717, 1.165) is 0 Å². The van der Waals surface area contributed by atoms with Crippen molar-refractivity contribution in [1.29, 1.82) is 0 Å². The SMILES string of the molecule is CCc1nn(C)cc1C(=O)NC(CO)C(=O)O. The number of rotatable bonds is 5. The summed E-state index contributed by atoms with van der Waals surface area (Å²) in [4.78, 5) is 22.4. The zero-order valence-electron chi connectivity index (χ0n) is 9.67. The number of amides is 1. The lowest BCUT2D eigenvalue weighted by Gasteiger charge is -2.10. The molecule has 0 aliphatic rings. The molecule has 1 amide bonds. The topological polar surface area (TPSA) is 104 Å². The van der Waals surface area contributed by atoms with Crippen LogP contribution in [0.4, 0.5) is 0 Å². The number of aliphatic hydroxyl groups excluding tert-OH is 1. The minimum Gasteiger partial charge on any atom is -0.480 e. The predicted molar refractivity (Wildman–Crippen MR) is 58.6 cm³/mol. The van der Waals surface area contributed by atoms with Crippen LogP contribution in [0.1, 0.15) is 23.0 Å². The third-order valence-electron chi connectivity index (χ3n) is 2.27. The molecule has 17 heavy (non-hydrogen) atoms. The summed E-state index contributed by atoms with van der Waals surface area (Å²) in [6.07, 6.45) is 2.09. The lowest BCUT2D eigenvalue weighted by molar-refractivity contribution is -0.140. The Morgan fingerprint density at radius 3 is 2.71 bits per heavy atom. The molecule has 0 aliphatic heterocycles. The van der Waals surface area contributed by atoms with Crippen molar-refractivity contribution in [2.45, 2.75) is 19.4 Å². The second-order valence-corrected chi connectivity index (χ2v) is 3.56. The fourth-order valence-electron chi connectivity index (χ4n) is 1.41. The number of carboxylic acid groups (broad SMARTS) is 1. The summed E-state index contributed by atoms with van der Waals surface area (Å²) >= 11 is 0. The molecule has 0 spiro atoms. The van der Waals surface area contributed by atoms with Crippen molar-refractivity contribution in [2.75, 3.05) is 6.61 Å². The number of hydrogen-bond acceptors (Lipinski definition) is 4. The van der Waals surface area contributed by atoms with Crippen molar-refractivity contribution in [1.82, 2.24) is 15.1 Å². The Balaban J connectivity index is 2.85. The molecule has 94 valence electrons. The van der Waals surface area contributed by atoms with Crippen molar-refractivity contribution in [3.63, 3.8) is 0 Å². The Labute approximate surface area is 98.1 Å². The summed E-state index contributed by atoms with van der Waals surface area (Å²) < 4.78 is 1.49. The second kappa shape index (κ2) is 5.44. The van der Waals surface area contributed by atoms with Gasteiger partial charge >= 0.3 is 5.97 Å². The van der Waals surface area contributed by atoms with Crippen molar-refractivity contribution in [3.8, 4) is 0 Å². The molecule has 0 saturated carbocycles. The number of nitrogens with one attached hydrogen (secondary N) is 1. The highest BCUT2D eigenvalue weighted by Crippen LogP contribution is 2.07. The van der Waals surface area contributed by atoms with Crippen molar-refractivity contribution in [2.24, 2.45) is 7.05 Å². The molecule has 0 aromatic carbocycles. The summed E-state index contributed by atoms with van der Waals surface area (Å²) in [7, 11) is 1.68. The van der Waals surface area contributed by atoms with E-state index in [-0.39, 0.29) is 0 Å². The Bertz CT molecular complexity index is 427. The van der Waals surface area contributed by atoms with Gasteiger partial charge in [0.1, 0.15) is 0 Å². The molecule has 1 heterocycles. The van der Waals surface area contributed by atoms with Gasteiger partial charge in [0.25, 0.3) is 5.91 Å². The highest BCUT2D eigenvalue weighted by atomic mass is 16.4. The van der Waals surface area contributed by atoms with Gasteiger partial charge in [-0.2, -0.15) is 5.10 Å². The lowest BCUT2D eigenvalue weighted by Crippen LogP contribution is -2.43. The summed E-state index contributed by atoms with van der Waals surface area (Å²) in [6, 6.07) is -1.30. The molecule has 1 aromatic heterocycles. The molecule has 1 atom stereocenters. The van der Waals surface area contributed by atoms with E-state index < -0.39 is 24.5 Å². The van der Waals surface area contributed by atoms with Crippen LogP contribution in [0.3, 0.4) is 0 Å². The van der Waals surface area contributed by atoms with Crippen molar-refractivity contribution in [3.05, 3.63) is 17.5 Å². The van der Waals surface area contributed by atoms with Gasteiger partial charge in [-0.15, -0.1) is 0 Å². The number of aryl methyl sites for hydroxylation is 2. The van der Waals surface area contributed by atoms with Crippen LogP contribution in [0.15, 0.2) is 6.20 Å². The van der Waals surface area contributed by atoms with Crippen molar-refractivity contribution >= 4 is 11.9 Å². The maximum atomic E-state index is 11.8. The van der Waals surface area contributed by atoms with E-state index in [0.29, 0.717) is 17.7 Å². The predicted octanol–water partition coefficient (Wildman–Crippen LogP) is -0.842. The van der Waals surface area contributed by atoms with Gasteiger partial charge in [-0.3, -0.25) is 9.48 Å². The summed E-state index contributed by atoms with van der Waals surface area (Å²) in [6.45, 7) is 1.20. The number of aliphatic carboxylic acids is 1. The van der Waals surface area contributed by atoms with Crippen LogP contribution < -0.4 is 5.32 Å². The average Bonchev–Trinajstić information content (AvgIpc) is 2.66. The number of hydrogen-bond donors (Lipinski definition) is 3. The van der Waals surface area contributed by atoms with Gasteiger partial charge < -0.3 is 15.5 Å². The summed E-state index contributed by atoms with van der Waals surface area (Å²) in [5, 5.41) is 23.8. The summed E-state index contributed by atoms with van der Waals surface area (Å²) in [5.74, 6) is -1.82. The molecule has 0 aliphatic carbocycles. The molecule has 7 nitrogen and oxygen atoms in total. The highest BCUT2D eigenvalue weighted by Gasteiger charge is 2.22. The fourth-order valence-corrected chi connectivity index (χ4v) is 1.41. The largest absolute Gasteiger partial charge is 0.480 e. The first-order chi connectivity index (χ1) is 7.99. The normalized spacial score (nSPS) is 12.2. The Morgan fingerprint density at radius 2 is 2.24 bits per heavy atom. The molecule has 1 unspecified atom stereocenters. The molecule has 7 heteroatoms. The Hall–Kier alpha value is -1.89. The number of carbonyl (C=O) groups excluding carboxylic acids is 1. The monoisotopic (exact) mass is 241 g/mol. The number of carboxylic acids is 1. The van der Waals surface area contributed by atoms with E-state index in [1.165, 1.54) is 10.9 Å². The van der Waals surface area contributed by atoms with Crippen LogP contribution in [-0.4, -0.2) is 44.5 Å². The third-order valence-corrected chi connectivity index (χ3v) is 2.27. The molecule has 1 rings (SSSR count). The lowest BCUT2D eigenvalue weighted by atomic mass is 10.2. The molecular weight excluding hydrogens is 226 g/mol. The van der Waals surface area contributed by atoms with Gasteiger partial charge in [0.15, 0.2) is 6.04 Å². The quantitative estimate of drug-likeness (QED) is 0.623. The van der Waals surface area contributed by atoms with E-state index in [2.05, 4.69) is 10.4 Å². The smallest absolute Gasteiger partial charge is 0.328 e. The Morgan fingerprint density at radius 1 is 1.59 bits per heavy atom. The van der Waals surface area contributed by atoms with Gasteiger partial charge in [0.2, 0.25) is 0 Å². The molecule has 1 aromatic rings. The standard InChI is InChI=1S/C10H15N3O4/c1-3-7-6(4-13(2)12-7)9(15)11-8(5-14)10(16)17/h4,8,14H,3,5H2,1-2H3,(H,11,15)(H,16,17). The van der Waals surface area contributed by atoms with Crippen LogP contribution in [0.5, 0.6) is 0 Å².